The predicted octanol–water partition coefficient (Wildman–Crippen LogP) is 3.96. The normalized spacial score (nSPS) is 19.5. The lowest BCUT2D eigenvalue weighted by Crippen LogP contribution is -2.49. The molecule has 31 heavy (non-hydrogen) atoms. The predicted molar refractivity (Wildman–Crippen MR) is 129 cm³/mol. The molecule has 3 heterocycles. The number of likely N-dealkylation sites (N-methyl/N-ethyl adjacent to an activating group) is 1. The fourth-order valence-electron chi connectivity index (χ4n) is 4.17. The van der Waals surface area contributed by atoms with Gasteiger partial charge in [0, 0.05) is 52.1 Å². The number of carbonyl (C=O) groups excluding carboxylic acids is 1. The SMILES string of the molecule is CCOC(=O)c1cnc2c(ccn2COCC[Si](C)(C)C)c1N(C)[C@H]1CNCC[C@H]1C. The Balaban J connectivity index is 1.93. The van der Waals surface area contributed by atoms with Gasteiger partial charge in [-0.1, -0.05) is 26.6 Å². The van der Waals surface area contributed by atoms with Crippen molar-refractivity contribution < 1.29 is 14.3 Å². The molecule has 0 spiro atoms. The van der Waals surface area contributed by atoms with Gasteiger partial charge < -0.3 is 24.3 Å². The molecule has 1 aliphatic rings. The summed E-state index contributed by atoms with van der Waals surface area (Å²) in [5, 5.41) is 4.45. The fraction of sp³-hybridized carbons (Fsp3) is 0.652. The third kappa shape index (κ3) is 5.67. The van der Waals surface area contributed by atoms with E-state index >= 15 is 0 Å². The third-order valence-corrected chi connectivity index (χ3v) is 7.82. The maximum atomic E-state index is 12.8. The van der Waals surface area contributed by atoms with E-state index in [1.54, 1.807) is 6.20 Å². The highest BCUT2D eigenvalue weighted by Crippen LogP contribution is 2.33. The Bertz CT molecular complexity index is 893. The molecule has 2 aromatic heterocycles. The third-order valence-electron chi connectivity index (χ3n) is 6.12. The number of hydrogen-bond donors (Lipinski definition) is 1. The van der Waals surface area contributed by atoms with Crippen LogP contribution in [0.1, 0.15) is 30.6 Å². The minimum Gasteiger partial charge on any atom is -0.462 e. The van der Waals surface area contributed by atoms with Gasteiger partial charge in [-0.3, -0.25) is 0 Å². The van der Waals surface area contributed by atoms with Gasteiger partial charge in [0.25, 0.3) is 0 Å². The molecule has 0 radical (unpaired) electrons. The molecule has 1 saturated heterocycles. The first-order valence-corrected chi connectivity index (χ1v) is 15.1. The van der Waals surface area contributed by atoms with Crippen LogP contribution in [0.5, 0.6) is 0 Å². The van der Waals surface area contributed by atoms with Crippen molar-refractivity contribution in [2.75, 3.05) is 38.3 Å². The lowest BCUT2D eigenvalue weighted by Gasteiger charge is -2.38. The molecule has 2 aromatic rings. The number of aromatic nitrogens is 2. The summed E-state index contributed by atoms with van der Waals surface area (Å²) >= 11 is 0. The lowest BCUT2D eigenvalue weighted by molar-refractivity contribution is 0.0526. The summed E-state index contributed by atoms with van der Waals surface area (Å²) in [6.07, 6.45) is 4.77. The molecule has 7 nitrogen and oxygen atoms in total. The topological polar surface area (TPSA) is 68.6 Å². The van der Waals surface area contributed by atoms with Crippen LogP contribution in [0.2, 0.25) is 25.7 Å². The van der Waals surface area contributed by atoms with Gasteiger partial charge in [0.2, 0.25) is 0 Å². The maximum absolute atomic E-state index is 12.8. The molecule has 1 N–H and O–H groups in total. The van der Waals surface area contributed by atoms with E-state index in [4.69, 9.17) is 9.47 Å². The zero-order chi connectivity index (χ0) is 22.6. The minimum absolute atomic E-state index is 0.295. The van der Waals surface area contributed by atoms with E-state index in [0.717, 1.165) is 48.9 Å². The zero-order valence-corrected chi connectivity index (χ0v) is 20.9. The highest BCUT2D eigenvalue weighted by atomic mass is 28.3. The number of pyridine rings is 1. The quantitative estimate of drug-likeness (QED) is 0.357. The average molecular weight is 447 g/mol. The van der Waals surface area contributed by atoms with E-state index in [9.17, 15) is 4.79 Å². The molecule has 0 unspecified atom stereocenters. The number of anilines is 1. The highest BCUT2D eigenvalue weighted by Gasteiger charge is 2.30. The molecule has 0 saturated carbocycles. The van der Waals surface area contributed by atoms with Crippen LogP contribution < -0.4 is 10.2 Å². The molecule has 0 amide bonds. The van der Waals surface area contributed by atoms with Crippen LogP contribution >= 0.6 is 0 Å². The molecule has 2 atom stereocenters. The summed E-state index contributed by atoms with van der Waals surface area (Å²) in [6, 6.07) is 3.47. The van der Waals surface area contributed by atoms with Gasteiger partial charge in [0.1, 0.15) is 17.9 Å². The lowest BCUT2D eigenvalue weighted by atomic mass is 9.92. The van der Waals surface area contributed by atoms with Gasteiger partial charge in [0.05, 0.1) is 12.3 Å². The molecular weight excluding hydrogens is 408 g/mol. The van der Waals surface area contributed by atoms with E-state index in [1.807, 2.05) is 23.8 Å². The molecule has 0 aliphatic carbocycles. The highest BCUT2D eigenvalue weighted by molar-refractivity contribution is 6.76. The van der Waals surface area contributed by atoms with Crippen LogP contribution in [0.15, 0.2) is 18.5 Å². The first kappa shape index (κ1) is 23.8. The van der Waals surface area contributed by atoms with Crippen molar-refractivity contribution in [3.05, 3.63) is 24.0 Å². The first-order chi connectivity index (χ1) is 14.7. The molecule has 1 aliphatic heterocycles. The maximum Gasteiger partial charge on any atom is 0.341 e. The second kappa shape index (κ2) is 10.1. The van der Waals surface area contributed by atoms with E-state index in [-0.39, 0.29) is 5.97 Å². The van der Waals surface area contributed by atoms with Crippen LogP contribution in [0.3, 0.4) is 0 Å². The number of piperidine rings is 1. The van der Waals surface area contributed by atoms with Gasteiger partial charge in [-0.2, -0.15) is 0 Å². The molecule has 1 fully saturated rings. The number of nitrogens with zero attached hydrogens (tertiary/aromatic N) is 3. The largest absolute Gasteiger partial charge is 0.462 e. The van der Waals surface area contributed by atoms with Crippen LogP contribution in [-0.2, 0) is 16.2 Å². The summed E-state index contributed by atoms with van der Waals surface area (Å²) in [5.41, 5.74) is 2.25. The monoisotopic (exact) mass is 446 g/mol. The summed E-state index contributed by atoms with van der Waals surface area (Å²) in [6.45, 7) is 14.6. The van der Waals surface area contributed by atoms with E-state index in [1.165, 1.54) is 0 Å². The Morgan fingerprint density at radius 3 is 2.84 bits per heavy atom. The number of fused-ring (bicyclic) bond motifs is 1. The first-order valence-electron chi connectivity index (χ1n) is 11.4. The molecular formula is C23H38N4O3Si. The van der Waals surface area contributed by atoms with Crippen molar-refractivity contribution in [1.29, 1.82) is 0 Å². The van der Waals surface area contributed by atoms with Crippen molar-refractivity contribution in [2.24, 2.45) is 5.92 Å². The summed E-state index contributed by atoms with van der Waals surface area (Å²) < 4.78 is 13.3. The summed E-state index contributed by atoms with van der Waals surface area (Å²) in [7, 11) is 0.952. The minimum atomic E-state index is -1.12. The van der Waals surface area contributed by atoms with Crippen LogP contribution in [-0.4, -0.2) is 63.0 Å². The van der Waals surface area contributed by atoms with Gasteiger partial charge in [-0.05, 0) is 37.9 Å². The Morgan fingerprint density at radius 1 is 1.39 bits per heavy atom. The summed E-state index contributed by atoms with van der Waals surface area (Å²) in [4.78, 5) is 19.6. The van der Waals surface area contributed by atoms with Crippen molar-refractivity contribution in [1.82, 2.24) is 14.9 Å². The standard InChI is InChI=1S/C23H38N4O3Si/c1-7-30-23(28)19-14-25-22-18(9-11-27(22)16-29-12-13-31(4,5)6)21(19)26(3)20-15-24-10-8-17(20)2/h9,11,14,17,20,24H,7-8,10,12-13,15-16H2,1-6H3/t17-,20+/m1/s1. The van der Waals surface area contributed by atoms with Gasteiger partial charge in [0.15, 0.2) is 0 Å². The number of hydrogen-bond acceptors (Lipinski definition) is 6. The van der Waals surface area contributed by atoms with Gasteiger partial charge >= 0.3 is 5.97 Å². The van der Waals surface area contributed by atoms with Gasteiger partial charge in [-0.15, -0.1) is 0 Å². The Kier molecular flexibility index (Phi) is 7.77. The van der Waals surface area contributed by atoms with E-state index < -0.39 is 8.07 Å². The molecule has 0 bridgehead atoms. The number of ether oxygens (including phenoxy) is 2. The Morgan fingerprint density at radius 2 is 2.16 bits per heavy atom. The second-order valence-electron chi connectivity index (χ2n) is 9.76. The fourth-order valence-corrected chi connectivity index (χ4v) is 4.92. The number of nitrogens with one attached hydrogen (secondary N) is 1. The number of esters is 1. The number of rotatable bonds is 9. The molecule has 172 valence electrons. The van der Waals surface area contributed by atoms with Gasteiger partial charge in [-0.25, -0.2) is 9.78 Å². The van der Waals surface area contributed by atoms with E-state index in [2.05, 4.69) is 48.8 Å². The van der Waals surface area contributed by atoms with Crippen LogP contribution in [0, 0.1) is 5.92 Å². The van der Waals surface area contributed by atoms with Crippen LogP contribution in [0.25, 0.3) is 11.0 Å². The second-order valence-corrected chi connectivity index (χ2v) is 15.4. The number of carbonyl (C=O) groups is 1. The molecule has 0 aromatic carbocycles. The van der Waals surface area contributed by atoms with Crippen molar-refractivity contribution in [3.8, 4) is 0 Å². The average Bonchev–Trinajstić information content (AvgIpc) is 3.13. The molecule has 8 heteroatoms. The summed E-state index contributed by atoms with van der Waals surface area (Å²) in [5.74, 6) is 0.200. The van der Waals surface area contributed by atoms with Crippen molar-refractivity contribution in [3.63, 3.8) is 0 Å². The Labute approximate surface area is 187 Å². The smallest absolute Gasteiger partial charge is 0.341 e. The Hall–Kier alpha value is -1.90. The zero-order valence-electron chi connectivity index (χ0n) is 19.9. The van der Waals surface area contributed by atoms with Crippen LogP contribution in [0.4, 0.5) is 5.69 Å². The van der Waals surface area contributed by atoms with Crippen molar-refractivity contribution >= 4 is 30.8 Å². The molecule has 3 rings (SSSR count). The van der Waals surface area contributed by atoms with E-state index in [0.29, 0.717) is 30.9 Å². The van der Waals surface area contributed by atoms with Crippen molar-refractivity contribution in [2.45, 2.75) is 58.7 Å².